The van der Waals surface area contributed by atoms with Gasteiger partial charge in [0.1, 0.15) is 22.3 Å². The van der Waals surface area contributed by atoms with Gasteiger partial charge < -0.3 is 14.5 Å². The summed E-state index contributed by atoms with van der Waals surface area (Å²) in [6, 6.07) is 7.36. The summed E-state index contributed by atoms with van der Waals surface area (Å²) in [5.41, 5.74) is 0.0655. The zero-order valence-corrected chi connectivity index (χ0v) is 19.1. The second kappa shape index (κ2) is 7.04. The molecule has 1 saturated carbocycles. The molecule has 6 nitrogen and oxygen atoms in total. The van der Waals surface area contributed by atoms with Gasteiger partial charge in [-0.2, -0.15) is 5.26 Å². The predicted molar refractivity (Wildman–Crippen MR) is 112 cm³/mol. The lowest BCUT2D eigenvalue weighted by Crippen LogP contribution is -2.45. The van der Waals surface area contributed by atoms with Crippen molar-refractivity contribution in [3.05, 3.63) is 18.2 Å². The van der Waals surface area contributed by atoms with Gasteiger partial charge in [0.2, 0.25) is 0 Å². The Kier molecular flexibility index (Phi) is 5.32. The molecule has 28 heavy (non-hydrogen) atoms. The van der Waals surface area contributed by atoms with Crippen LogP contribution < -0.4 is 10.1 Å². The lowest BCUT2D eigenvalue weighted by molar-refractivity contribution is 0.129. The van der Waals surface area contributed by atoms with Gasteiger partial charge >= 0.3 is 0 Å². The van der Waals surface area contributed by atoms with Crippen LogP contribution in [0.25, 0.3) is 0 Å². The van der Waals surface area contributed by atoms with E-state index in [1.165, 1.54) is 0 Å². The van der Waals surface area contributed by atoms with E-state index in [0.717, 1.165) is 19.3 Å². The van der Waals surface area contributed by atoms with Crippen LogP contribution >= 0.6 is 0 Å². The van der Waals surface area contributed by atoms with Gasteiger partial charge in [-0.25, -0.2) is 8.42 Å². The van der Waals surface area contributed by atoms with E-state index in [2.05, 4.69) is 45.3 Å². The summed E-state index contributed by atoms with van der Waals surface area (Å²) in [6.07, 6.45) is 2.04. The molecule has 0 unspecified atom stereocenters. The normalized spacial score (nSPS) is 22.9. The number of anilines is 1. The molecule has 0 bridgehead atoms. The average Bonchev–Trinajstić information content (AvgIpc) is 2.55. The number of nitrogens with one attached hydrogen (secondary N) is 1. The van der Waals surface area contributed by atoms with E-state index in [9.17, 15) is 13.7 Å². The summed E-state index contributed by atoms with van der Waals surface area (Å²) in [5.74, 6) is 0.266. The number of rotatable bonds is 5. The lowest BCUT2D eigenvalue weighted by Gasteiger charge is -2.38. The van der Waals surface area contributed by atoms with Crippen molar-refractivity contribution in [2.24, 2.45) is 0 Å². The van der Waals surface area contributed by atoms with E-state index < -0.39 is 29.8 Å². The van der Waals surface area contributed by atoms with Crippen molar-refractivity contribution in [1.29, 1.82) is 5.26 Å². The highest BCUT2D eigenvalue weighted by atomic mass is 32.2. The summed E-state index contributed by atoms with van der Waals surface area (Å²) in [4.78, 5) is 0.188. The van der Waals surface area contributed by atoms with Gasteiger partial charge in [0.05, 0.1) is 18.4 Å². The minimum Gasteiger partial charge on any atom is -0.486 e. The fourth-order valence-electron chi connectivity index (χ4n) is 3.15. The molecule has 1 aliphatic heterocycles. The third-order valence-electron chi connectivity index (χ3n) is 6.22. The quantitative estimate of drug-likeness (QED) is 0.719. The van der Waals surface area contributed by atoms with Gasteiger partial charge in [0.25, 0.3) is 0 Å². The maximum Gasteiger partial charge on any atom is 0.192 e. The summed E-state index contributed by atoms with van der Waals surface area (Å²) >= 11 is 0. The summed E-state index contributed by atoms with van der Waals surface area (Å²) in [7, 11) is -5.46. The Morgan fingerprint density at radius 1 is 1.36 bits per heavy atom. The second-order valence-electron chi connectivity index (χ2n) is 9.43. The predicted octanol–water partition coefficient (Wildman–Crippen LogP) is 4.10. The topological polar surface area (TPSA) is 88.4 Å². The largest absolute Gasteiger partial charge is 0.486 e. The molecule has 154 valence electrons. The Labute approximate surface area is 169 Å². The van der Waals surface area contributed by atoms with Gasteiger partial charge in [-0.05, 0) is 55.6 Å². The zero-order chi connectivity index (χ0) is 20.8. The summed E-state index contributed by atoms with van der Waals surface area (Å²) in [5, 5.41) is 12.6. The third kappa shape index (κ3) is 4.07. The van der Waals surface area contributed by atoms with Gasteiger partial charge in [-0.15, -0.1) is 0 Å². The Bertz CT molecular complexity index is 896. The number of nitrogens with zero attached hydrogens (tertiary/aromatic N) is 1. The summed E-state index contributed by atoms with van der Waals surface area (Å²) in [6.45, 7) is 11.0. The number of fused-ring (bicyclic) bond motifs is 1. The number of sulfone groups is 1. The van der Waals surface area contributed by atoms with Crippen LogP contribution in [0.15, 0.2) is 23.1 Å². The molecule has 1 N–H and O–H groups in total. The highest BCUT2D eigenvalue weighted by Gasteiger charge is 2.40. The lowest BCUT2D eigenvalue weighted by atomic mass is 9.78. The molecule has 1 aliphatic carbocycles. The molecule has 0 saturated heterocycles. The van der Waals surface area contributed by atoms with Crippen LogP contribution in [0.3, 0.4) is 0 Å². The molecule has 0 radical (unpaired) electrons. The fraction of sp³-hybridized carbons (Fsp3) is 0.650. The second-order valence-corrected chi connectivity index (χ2v) is 16.2. The van der Waals surface area contributed by atoms with E-state index in [4.69, 9.17) is 9.16 Å². The molecule has 0 amide bonds. The minimum atomic E-state index is -3.48. The van der Waals surface area contributed by atoms with Crippen molar-refractivity contribution < 1.29 is 17.6 Å². The number of ether oxygens (including phenoxy) is 1. The van der Waals surface area contributed by atoms with Gasteiger partial charge in [-0.1, -0.05) is 20.8 Å². The smallest absolute Gasteiger partial charge is 0.192 e. The Hall–Kier alpha value is -1.56. The Morgan fingerprint density at radius 3 is 2.57 bits per heavy atom. The SMILES string of the molecule is CC(C)(C)[Si](C)(C)OC[C@@H]1CS(=O)(=O)c2cc(NC3(C#N)CCC3)ccc2O1. The monoisotopic (exact) mass is 422 g/mol. The van der Waals surface area contributed by atoms with E-state index in [0.29, 0.717) is 11.4 Å². The molecule has 0 aromatic heterocycles. The maximum atomic E-state index is 12.9. The van der Waals surface area contributed by atoms with E-state index in [-0.39, 0.29) is 22.3 Å². The zero-order valence-electron chi connectivity index (χ0n) is 17.3. The van der Waals surface area contributed by atoms with Gasteiger partial charge in [0.15, 0.2) is 18.2 Å². The van der Waals surface area contributed by atoms with E-state index in [1.54, 1.807) is 18.2 Å². The number of nitriles is 1. The molecule has 1 aromatic carbocycles. The van der Waals surface area contributed by atoms with Crippen LogP contribution in [0.2, 0.25) is 18.1 Å². The summed E-state index contributed by atoms with van der Waals surface area (Å²) < 4.78 is 37.8. The first-order chi connectivity index (χ1) is 12.9. The van der Waals surface area contributed by atoms with Crippen LogP contribution in [0.4, 0.5) is 5.69 Å². The van der Waals surface area contributed by atoms with Crippen LogP contribution in [-0.4, -0.2) is 40.7 Å². The van der Waals surface area contributed by atoms with Crippen molar-refractivity contribution in [3.8, 4) is 11.8 Å². The van der Waals surface area contributed by atoms with Crippen molar-refractivity contribution in [2.45, 2.75) is 74.7 Å². The molecule has 3 rings (SSSR count). The van der Waals surface area contributed by atoms with Crippen LogP contribution in [0.5, 0.6) is 5.75 Å². The minimum absolute atomic E-state index is 0.0528. The molecular weight excluding hydrogens is 392 g/mol. The van der Waals surface area contributed by atoms with Crippen molar-refractivity contribution in [3.63, 3.8) is 0 Å². The number of hydrogen-bond donors (Lipinski definition) is 1. The fourth-order valence-corrected chi connectivity index (χ4v) is 5.74. The molecule has 1 fully saturated rings. The van der Waals surface area contributed by atoms with Gasteiger partial charge in [-0.3, -0.25) is 0 Å². The molecule has 0 spiro atoms. The van der Waals surface area contributed by atoms with E-state index in [1.807, 2.05) is 0 Å². The highest BCUT2D eigenvalue weighted by Crippen LogP contribution is 2.39. The first-order valence-electron chi connectivity index (χ1n) is 9.74. The molecule has 1 atom stereocenters. The Morgan fingerprint density at radius 2 is 2.04 bits per heavy atom. The molecule has 8 heteroatoms. The number of benzene rings is 1. The average molecular weight is 423 g/mol. The maximum absolute atomic E-state index is 12.9. The van der Waals surface area contributed by atoms with E-state index >= 15 is 0 Å². The van der Waals surface area contributed by atoms with Crippen molar-refractivity contribution in [2.75, 3.05) is 17.7 Å². The molecule has 1 heterocycles. The van der Waals surface area contributed by atoms with Crippen LogP contribution in [-0.2, 0) is 14.3 Å². The van der Waals surface area contributed by atoms with Crippen LogP contribution in [0, 0.1) is 11.3 Å². The highest BCUT2D eigenvalue weighted by molar-refractivity contribution is 7.91. The Balaban J connectivity index is 1.76. The molecule has 2 aliphatic rings. The third-order valence-corrected chi connectivity index (χ3v) is 12.5. The van der Waals surface area contributed by atoms with Crippen molar-refractivity contribution in [1.82, 2.24) is 0 Å². The van der Waals surface area contributed by atoms with Crippen molar-refractivity contribution >= 4 is 23.8 Å². The number of hydrogen-bond acceptors (Lipinski definition) is 6. The molecule has 1 aromatic rings. The first kappa shape index (κ1) is 21.2. The molecular formula is C20H30N2O4SSi. The van der Waals surface area contributed by atoms with Gasteiger partial charge in [0, 0.05) is 5.69 Å². The van der Waals surface area contributed by atoms with Crippen LogP contribution in [0.1, 0.15) is 40.0 Å². The first-order valence-corrected chi connectivity index (χ1v) is 14.3. The standard InChI is InChI=1S/C20H30N2O4SSi/c1-19(2,3)28(4,5)25-12-16-13-27(23,24)18-11-15(7-8-17(18)26-16)22-20(14-21)9-6-10-20/h7-8,11,16,22H,6,9-10,12-13H2,1-5H3/t16-/m1/s1.